The third-order valence-electron chi connectivity index (χ3n) is 2.47. The fourth-order valence-electron chi connectivity index (χ4n) is 1.23. The molecule has 1 rings (SSSR count). The van der Waals surface area contributed by atoms with Crippen LogP contribution < -0.4 is 5.32 Å². The molecule has 98 valence electrons. The molecule has 0 fully saturated rings. The van der Waals surface area contributed by atoms with Gasteiger partial charge in [-0.15, -0.1) is 0 Å². The summed E-state index contributed by atoms with van der Waals surface area (Å²) in [5.74, 6) is -1.57. The highest BCUT2D eigenvalue weighted by Crippen LogP contribution is 2.14. The van der Waals surface area contributed by atoms with Crippen molar-refractivity contribution >= 4 is 23.4 Å². The molecule has 0 heterocycles. The Morgan fingerprint density at radius 3 is 2.72 bits per heavy atom. The summed E-state index contributed by atoms with van der Waals surface area (Å²) in [5.41, 5.74) is -0.172. The molecule has 0 unspecified atom stereocenters. The van der Waals surface area contributed by atoms with E-state index in [-0.39, 0.29) is 23.0 Å². The van der Waals surface area contributed by atoms with Crippen molar-refractivity contribution in [1.29, 1.82) is 0 Å². The summed E-state index contributed by atoms with van der Waals surface area (Å²) in [7, 11) is 1.62. The maximum absolute atomic E-state index is 13.4. The molecular formula is C12H14ClFN2O2. The number of nitrogens with zero attached hydrogens (tertiary/aromatic N) is 1. The van der Waals surface area contributed by atoms with Crippen LogP contribution in [0.2, 0.25) is 5.02 Å². The highest BCUT2D eigenvalue weighted by atomic mass is 35.5. The van der Waals surface area contributed by atoms with Crippen molar-refractivity contribution < 1.29 is 14.0 Å². The van der Waals surface area contributed by atoms with E-state index < -0.39 is 11.7 Å². The van der Waals surface area contributed by atoms with E-state index in [2.05, 4.69) is 5.32 Å². The molecule has 0 radical (unpaired) electrons. The maximum atomic E-state index is 13.4. The number of hydrogen-bond acceptors (Lipinski definition) is 2. The van der Waals surface area contributed by atoms with E-state index in [1.807, 2.05) is 6.92 Å². The first-order valence-electron chi connectivity index (χ1n) is 5.43. The number of carbonyl (C=O) groups excluding carboxylic acids is 2. The minimum absolute atomic E-state index is 0.172. The molecule has 0 saturated heterocycles. The van der Waals surface area contributed by atoms with E-state index in [1.54, 1.807) is 7.05 Å². The summed E-state index contributed by atoms with van der Waals surface area (Å²) >= 11 is 5.67. The van der Waals surface area contributed by atoms with E-state index >= 15 is 0 Å². The van der Waals surface area contributed by atoms with Gasteiger partial charge in [-0.2, -0.15) is 0 Å². The van der Waals surface area contributed by atoms with E-state index in [0.29, 0.717) is 6.54 Å². The van der Waals surface area contributed by atoms with Crippen molar-refractivity contribution in [3.05, 3.63) is 34.6 Å². The molecule has 1 aromatic rings. The van der Waals surface area contributed by atoms with Gasteiger partial charge in [0.25, 0.3) is 5.91 Å². The van der Waals surface area contributed by atoms with Crippen LogP contribution >= 0.6 is 11.6 Å². The Labute approximate surface area is 110 Å². The van der Waals surface area contributed by atoms with Gasteiger partial charge < -0.3 is 10.2 Å². The lowest BCUT2D eigenvalue weighted by molar-refractivity contribution is -0.128. The highest BCUT2D eigenvalue weighted by molar-refractivity contribution is 6.31. The summed E-state index contributed by atoms with van der Waals surface area (Å²) in [6.07, 6.45) is 0. The summed E-state index contributed by atoms with van der Waals surface area (Å²) in [5, 5.41) is 2.62. The van der Waals surface area contributed by atoms with E-state index in [4.69, 9.17) is 11.6 Å². The van der Waals surface area contributed by atoms with Crippen molar-refractivity contribution in [3.63, 3.8) is 0 Å². The number of hydrogen-bond donors (Lipinski definition) is 1. The van der Waals surface area contributed by atoms with Gasteiger partial charge >= 0.3 is 0 Å². The largest absolute Gasteiger partial charge is 0.345 e. The second-order valence-corrected chi connectivity index (χ2v) is 4.15. The average molecular weight is 273 g/mol. The van der Waals surface area contributed by atoms with Gasteiger partial charge in [-0.05, 0) is 25.1 Å². The molecule has 6 heteroatoms. The standard InChI is InChI=1S/C12H14ClFN2O2/c1-3-16(2)11(17)7-15-12(18)9-6-8(13)4-5-10(9)14/h4-6H,3,7H2,1-2H3,(H,15,18). The van der Waals surface area contributed by atoms with Gasteiger partial charge in [0, 0.05) is 18.6 Å². The lowest BCUT2D eigenvalue weighted by Crippen LogP contribution is -2.38. The number of amides is 2. The Kier molecular flexibility index (Phi) is 5.09. The van der Waals surface area contributed by atoms with Crippen molar-refractivity contribution in [3.8, 4) is 0 Å². The monoisotopic (exact) mass is 272 g/mol. The molecule has 0 spiro atoms. The van der Waals surface area contributed by atoms with E-state index in [9.17, 15) is 14.0 Å². The summed E-state index contributed by atoms with van der Waals surface area (Å²) < 4.78 is 13.4. The van der Waals surface area contributed by atoms with Gasteiger partial charge in [0.1, 0.15) is 5.82 Å². The second kappa shape index (κ2) is 6.35. The summed E-state index contributed by atoms with van der Waals surface area (Å²) in [6.45, 7) is 2.19. The predicted octanol–water partition coefficient (Wildman–Crippen LogP) is 1.69. The normalized spacial score (nSPS) is 10.0. The van der Waals surface area contributed by atoms with Gasteiger partial charge in [-0.1, -0.05) is 11.6 Å². The van der Waals surface area contributed by atoms with Crippen molar-refractivity contribution in [1.82, 2.24) is 10.2 Å². The summed E-state index contributed by atoms with van der Waals surface area (Å²) in [6, 6.07) is 3.68. The first-order chi connectivity index (χ1) is 8.45. The predicted molar refractivity (Wildman–Crippen MR) is 67.1 cm³/mol. The van der Waals surface area contributed by atoms with Crippen LogP contribution in [0.5, 0.6) is 0 Å². The number of carbonyl (C=O) groups is 2. The zero-order chi connectivity index (χ0) is 13.7. The first-order valence-corrected chi connectivity index (χ1v) is 5.80. The smallest absolute Gasteiger partial charge is 0.254 e. The Bertz CT molecular complexity index is 465. The molecule has 2 amide bonds. The topological polar surface area (TPSA) is 49.4 Å². The molecule has 0 bridgehead atoms. The fraction of sp³-hybridized carbons (Fsp3) is 0.333. The Balaban J connectivity index is 2.66. The number of halogens is 2. The molecule has 4 nitrogen and oxygen atoms in total. The molecule has 1 aromatic carbocycles. The molecule has 0 atom stereocenters. The molecule has 18 heavy (non-hydrogen) atoms. The van der Waals surface area contributed by atoms with Crippen LogP contribution in [-0.4, -0.2) is 36.9 Å². The molecule has 0 aliphatic carbocycles. The quantitative estimate of drug-likeness (QED) is 0.907. The van der Waals surface area contributed by atoms with Crippen molar-refractivity contribution in [2.24, 2.45) is 0 Å². The number of nitrogens with one attached hydrogen (secondary N) is 1. The lowest BCUT2D eigenvalue weighted by atomic mass is 10.2. The summed E-state index contributed by atoms with van der Waals surface area (Å²) in [4.78, 5) is 24.6. The minimum Gasteiger partial charge on any atom is -0.345 e. The van der Waals surface area contributed by atoms with Gasteiger partial charge in [-0.25, -0.2) is 4.39 Å². The lowest BCUT2D eigenvalue weighted by Gasteiger charge is -2.14. The van der Waals surface area contributed by atoms with Crippen LogP contribution in [0.15, 0.2) is 18.2 Å². The van der Waals surface area contributed by atoms with Crippen LogP contribution in [-0.2, 0) is 4.79 Å². The number of rotatable bonds is 4. The van der Waals surface area contributed by atoms with Gasteiger partial charge in [0.2, 0.25) is 5.91 Å². The molecule has 0 aliphatic rings. The molecule has 0 aromatic heterocycles. The second-order valence-electron chi connectivity index (χ2n) is 3.71. The van der Waals surface area contributed by atoms with Crippen LogP contribution in [0.1, 0.15) is 17.3 Å². The number of likely N-dealkylation sites (N-methyl/N-ethyl adjacent to an activating group) is 1. The third kappa shape index (κ3) is 3.70. The van der Waals surface area contributed by atoms with Gasteiger partial charge in [0.05, 0.1) is 12.1 Å². The minimum atomic E-state index is -0.673. The maximum Gasteiger partial charge on any atom is 0.254 e. The molecular weight excluding hydrogens is 259 g/mol. The Morgan fingerprint density at radius 1 is 1.44 bits per heavy atom. The van der Waals surface area contributed by atoms with Crippen LogP contribution in [0.4, 0.5) is 4.39 Å². The Hall–Kier alpha value is -1.62. The van der Waals surface area contributed by atoms with E-state index in [0.717, 1.165) is 6.07 Å². The van der Waals surface area contributed by atoms with Crippen LogP contribution in [0.25, 0.3) is 0 Å². The zero-order valence-electron chi connectivity index (χ0n) is 10.2. The first kappa shape index (κ1) is 14.4. The molecule has 1 N–H and O–H groups in total. The van der Waals surface area contributed by atoms with Gasteiger partial charge in [-0.3, -0.25) is 9.59 Å². The van der Waals surface area contributed by atoms with Crippen molar-refractivity contribution in [2.45, 2.75) is 6.92 Å². The van der Waals surface area contributed by atoms with Gasteiger partial charge in [0.15, 0.2) is 0 Å². The van der Waals surface area contributed by atoms with Crippen molar-refractivity contribution in [2.75, 3.05) is 20.1 Å². The van der Waals surface area contributed by atoms with E-state index in [1.165, 1.54) is 17.0 Å². The van der Waals surface area contributed by atoms with Crippen LogP contribution in [0, 0.1) is 5.82 Å². The average Bonchev–Trinajstić information content (AvgIpc) is 2.37. The Morgan fingerprint density at radius 2 is 2.11 bits per heavy atom. The molecule has 0 aliphatic heterocycles. The highest BCUT2D eigenvalue weighted by Gasteiger charge is 2.14. The number of benzene rings is 1. The fourth-order valence-corrected chi connectivity index (χ4v) is 1.41. The zero-order valence-corrected chi connectivity index (χ0v) is 10.9. The third-order valence-corrected chi connectivity index (χ3v) is 2.71. The SMILES string of the molecule is CCN(C)C(=O)CNC(=O)c1cc(Cl)ccc1F. The van der Waals surface area contributed by atoms with Crippen LogP contribution in [0.3, 0.4) is 0 Å². The molecule has 0 saturated carbocycles.